The zero-order chi connectivity index (χ0) is 16.8. The molecule has 1 saturated heterocycles. The molecule has 0 radical (unpaired) electrons. The van der Waals surface area contributed by atoms with Crippen LogP contribution < -0.4 is 5.32 Å². The average molecular weight is 312 g/mol. The van der Waals surface area contributed by atoms with Crippen LogP contribution in [0.5, 0.6) is 0 Å². The number of carbonyl (C=O) groups excluding carboxylic acids is 1. The second-order valence-corrected chi connectivity index (χ2v) is 7.85. The number of nitrogens with zero attached hydrogens (tertiary/aromatic N) is 1. The highest BCUT2D eigenvalue weighted by molar-refractivity contribution is 5.68. The van der Waals surface area contributed by atoms with E-state index >= 15 is 0 Å². The molecular formula is C18H36N2O2. The Hall–Kier alpha value is -0.770. The summed E-state index contributed by atoms with van der Waals surface area (Å²) in [7, 11) is 0. The second-order valence-electron chi connectivity index (χ2n) is 7.85. The molecule has 22 heavy (non-hydrogen) atoms. The minimum Gasteiger partial charge on any atom is -0.444 e. The first-order valence-corrected chi connectivity index (χ1v) is 8.94. The van der Waals surface area contributed by atoms with E-state index in [4.69, 9.17) is 4.74 Å². The summed E-state index contributed by atoms with van der Waals surface area (Å²) in [5.41, 5.74) is -0.405. The van der Waals surface area contributed by atoms with Crippen LogP contribution in [0.4, 0.5) is 4.79 Å². The highest BCUT2D eigenvalue weighted by atomic mass is 16.6. The lowest BCUT2D eigenvalue weighted by atomic mass is 9.94. The summed E-state index contributed by atoms with van der Waals surface area (Å²) in [5.74, 6) is 1.31. The Morgan fingerprint density at radius 1 is 1.36 bits per heavy atom. The molecule has 3 unspecified atom stereocenters. The average Bonchev–Trinajstić information content (AvgIpc) is 2.44. The van der Waals surface area contributed by atoms with Crippen molar-refractivity contribution < 1.29 is 9.53 Å². The van der Waals surface area contributed by atoms with Crippen molar-refractivity contribution >= 4 is 6.09 Å². The zero-order valence-electron chi connectivity index (χ0n) is 15.4. The Kier molecular flexibility index (Phi) is 7.67. The number of piperidine rings is 1. The number of hydrogen-bond acceptors (Lipinski definition) is 3. The lowest BCUT2D eigenvalue weighted by Gasteiger charge is -2.34. The van der Waals surface area contributed by atoms with Crippen LogP contribution in [0.2, 0.25) is 0 Å². The molecular weight excluding hydrogens is 276 g/mol. The molecule has 0 saturated carbocycles. The topological polar surface area (TPSA) is 41.6 Å². The maximum Gasteiger partial charge on any atom is 0.410 e. The molecule has 1 heterocycles. The van der Waals surface area contributed by atoms with E-state index in [-0.39, 0.29) is 6.09 Å². The van der Waals surface area contributed by atoms with Gasteiger partial charge in [-0.25, -0.2) is 4.79 Å². The van der Waals surface area contributed by atoms with E-state index in [0.717, 1.165) is 32.5 Å². The highest BCUT2D eigenvalue weighted by Gasteiger charge is 2.27. The SMILES string of the molecule is CCC(C)C(C)NCCC1CCCN(C(=O)OC(C)(C)C)C1. The molecule has 1 N–H and O–H groups in total. The minimum atomic E-state index is -0.405. The highest BCUT2D eigenvalue weighted by Crippen LogP contribution is 2.21. The summed E-state index contributed by atoms with van der Waals surface area (Å²) >= 11 is 0. The summed E-state index contributed by atoms with van der Waals surface area (Å²) in [5, 5.41) is 3.63. The van der Waals surface area contributed by atoms with Gasteiger partial charge in [-0.15, -0.1) is 0 Å². The van der Waals surface area contributed by atoms with Crippen molar-refractivity contribution in [2.45, 2.75) is 78.9 Å². The fourth-order valence-electron chi connectivity index (χ4n) is 2.86. The number of hydrogen-bond donors (Lipinski definition) is 1. The van der Waals surface area contributed by atoms with Crippen molar-refractivity contribution in [1.29, 1.82) is 0 Å². The van der Waals surface area contributed by atoms with Crippen molar-refractivity contribution in [3.05, 3.63) is 0 Å². The zero-order valence-corrected chi connectivity index (χ0v) is 15.4. The predicted molar refractivity (Wildman–Crippen MR) is 92.1 cm³/mol. The van der Waals surface area contributed by atoms with Gasteiger partial charge in [-0.3, -0.25) is 0 Å². The van der Waals surface area contributed by atoms with Crippen molar-refractivity contribution in [2.75, 3.05) is 19.6 Å². The van der Waals surface area contributed by atoms with Crippen molar-refractivity contribution in [3.8, 4) is 0 Å². The van der Waals surface area contributed by atoms with Gasteiger partial charge < -0.3 is 15.0 Å². The Bertz CT molecular complexity index is 338. The second kappa shape index (κ2) is 8.76. The lowest BCUT2D eigenvalue weighted by Crippen LogP contribution is -2.43. The maximum atomic E-state index is 12.2. The third kappa shape index (κ3) is 6.99. The van der Waals surface area contributed by atoms with Gasteiger partial charge in [-0.05, 0) is 65.3 Å². The molecule has 0 aromatic rings. The standard InChI is InChI=1S/C18H36N2O2/c1-7-14(2)15(3)19-11-10-16-9-8-12-20(13-16)17(21)22-18(4,5)6/h14-16,19H,7-13H2,1-6H3. The summed E-state index contributed by atoms with van der Waals surface area (Å²) in [4.78, 5) is 14.0. The molecule has 0 aromatic heterocycles. The molecule has 4 nitrogen and oxygen atoms in total. The molecule has 1 aliphatic heterocycles. The predicted octanol–water partition coefficient (Wildman–Crippen LogP) is 4.05. The van der Waals surface area contributed by atoms with Gasteiger partial charge in [0.15, 0.2) is 0 Å². The van der Waals surface area contributed by atoms with Crippen LogP contribution >= 0.6 is 0 Å². The van der Waals surface area contributed by atoms with Gasteiger partial charge in [0.2, 0.25) is 0 Å². The van der Waals surface area contributed by atoms with E-state index in [0.29, 0.717) is 17.9 Å². The molecule has 0 aromatic carbocycles. The van der Waals surface area contributed by atoms with E-state index in [9.17, 15) is 4.79 Å². The van der Waals surface area contributed by atoms with Crippen molar-refractivity contribution in [3.63, 3.8) is 0 Å². The molecule has 4 heteroatoms. The van der Waals surface area contributed by atoms with Crippen LogP contribution in [0.25, 0.3) is 0 Å². The summed E-state index contributed by atoms with van der Waals surface area (Å²) in [6, 6.07) is 0.565. The van der Waals surface area contributed by atoms with Crippen LogP contribution in [0.15, 0.2) is 0 Å². The van der Waals surface area contributed by atoms with Gasteiger partial charge >= 0.3 is 6.09 Å². The van der Waals surface area contributed by atoms with Crippen LogP contribution in [-0.2, 0) is 4.74 Å². The first-order chi connectivity index (χ1) is 10.2. The van der Waals surface area contributed by atoms with Crippen molar-refractivity contribution in [1.82, 2.24) is 10.2 Å². The maximum absolute atomic E-state index is 12.2. The number of rotatable bonds is 6. The van der Waals surface area contributed by atoms with Gasteiger partial charge in [0.25, 0.3) is 0 Å². The molecule has 1 amide bonds. The number of nitrogens with one attached hydrogen (secondary N) is 1. The molecule has 1 rings (SSSR count). The Morgan fingerprint density at radius 2 is 2.05 bits per heavy atom. The van der Waals surface area contributed by atoms with Crippen LogP contribution in [0.1, 0.15) is 67.2 Å². The Morgan fingerprint density at radius 3 is 2.64 bits per heavy atom. The molecule has 0 spiro atoms. The minimum absolute atomic E-state index is 0.155. The molecule has 0 aliphatic carbocycles. The first-order valence-electron chi connectivity index (χ1n) is 8.94. The number of ether oxygens (including phenoxy) is 1. The van der Waals surface area contributed by atoms with Gasteiger partial charge in [0.05, 0.1) is 0 Å². The van der Waals surface area contributed by atoms with E-state index in [1.54, 1.807) is 0 Å². The van der Waals surface area contributed by atoms with Gasteiger partial charge in [-0.2, -0.15) is 0 Å². The Labute approximate surface area is 137 Å². The van der Waals surface area contributed by atoms with E-state index in [2.05, 4.69) is 26.1 Å². The van der Waals surface area contributed by atoms with Gasteiger partial charge in [0.1, 0.15) is 5.60 Å². The third-order valence-corrected chi connectivity index (χ3v) is 4.69. The summed E-state index contributed by atoms with van der Waals surface area (Å²) in [6.45, 7) is 15.3. The van der Waals surface area contributed by atoms with E-state index in [1.807, 2.05) is 25.7 Å². The van der Waals surface area contributed by atoms with Crippen LogP contribution in [-0.4, -0.2) is 42.3 Å². The molecule has 1 aliphatic rings. The number of amides is 1. The fraction of sp³-hybridized carbons (Fsp3) is 0.944. The van der Waals surface area contributed by atoms with Crippen LogP contribution in [0.3, 0.4) is 0 Å². The third-order valence-electron chi connectivity index (χ3n) is 4.69. The number of carbonyl (C=O) groups is 1. The summed E-state index contributed by atoms with van der Waals surface area (Å²) < 4.78 is 5.49. The normalized spacial score (nSPS) is 22.3. The van der Waals surface area contributed by atoms with E-state index in [1.165, 1.54) is 12.8 Å². The fourth-order valence-corrected chi connectivity index (χ4v) is 2.86. The van der Waals surface area contributed by atoms with Gasteiger partial charge in [0, 0.05) is 19.1 Å². The largest absolute Gasteiger partial charge is 0.444 e. The van der Waals surface area contributed by atoms with Crippen molar-refractivity contribution in [2.24, 2.45) is 11.8 Å². The first kappa shape index (κ1) is 19.3. The van der Waals surface area contributed by atoms with Gasteiger partial charge in [-0.1, -0.05) is 20.3 Å². The molecule has 0 bridgehead atoms. The monoisotopic (exact) mass is 312 g/mol. The smallest absolute Gasteiger partial charge is 0.410 e. The quantitative estimate of drug-likeness (QED) is 0.804. The Balaban J connectivity index is 2.33. The van der Waals surface area contributed by atoms with Crippen LogP contribution in [0, 0.1) is 11.8 Å². The number of likely N-dealkylation sites (tertiary alicyclic amines) is 1. The molecule has 1 fully saturated rings. The lowest BCUT2D eigenvalue weighted by molar-refractivity contribution is 0.0161. The molecule has 130 valence electrons. The molecule has 3 atom stereocenters. The summed E-state index contributed by atoms with van der Waals surface area (Å²) in [6.07, 6.45) is 4.51. The van der Waals surface area contributed by atoms with E-state index < -0.39 is 5.60 Å².